The largest absolute Gasteiger partial charge is 0.336 e. The average molecular weight is 417 g/mol. The van der Waals surface area contributed by atoms with Crippen LogP contribution in [0.3, 0.4) is 0 Å². The van der Waals surface area contributed by atoms with E-state index < -0.39 is 0 Å². The van der Waals surface area contributed by atoms with Gasteiger partial charge in [0.1, 0.15) is 0 Å². The molecule has 0 aliphatic carbocycles. The van der Waals surface area contributed by atoms with Crippen molar-refractivity contribution >= 4 is 33.4 Å². The predicted molar refractivity (Wildman–Crippen MR) is 109 cm³/mol. The van der Waals surface area contributed by atoms with Crippen molar-refractivity contribution in [2.75, 3.05) is 11.9 Å². The standard InChI is InChI=1S/C21H25BrN2O2/c1-4-13-24(15(2)19-7-5-6-8-20(19)22)21(26)14-17-9-11-18(12-10-17)23-16(3)25/h5-12,15H,4,13-14H2,1-3H3,(H,23,25). The number of rotatable bonds is 7. The van der Waals surface area contributed by atoms with Gasteiger partial charge in [-0.15, -0.1) is 0 Å². The SMILES string of the molecule is CCCN(C(=O)Cc1ccc(NC(C)=O)cc1)C(C)c1ccccc1Br. The molecule has 5 heteroatoms. The number of halogens is 1. The summed E-state index contributed by atoms with van der Waals surface area (Å²) in [5.41, 5.74) is 2.78. The van der Waals surface area contributed by atoms with Crippen molar-refractivity contribution in [2.24, 2.45) is 0 Å². The van der Waals surface area contributed by atoms with E-state index >= 15 is 0 Å². The number of anilines is 1. The third-order valence-electron chi connectivity index (χ3n) is 4.24. The Labute approximate surface area is 163 Å². The van der Waals surface area contributed by atoms with Gasteiger partial charge in [-0.1, -0.05) is 53.2 Å². The Morgan fingerprint density at radius 1 is 1.12 bits per heavy atom. The Morgan fingerprint density at radius 2 is 1.77 bits per heavy atom. The zero-order chi connectivity index (χ0) is 19.1. The van der Waals surface area contributed by atoms with Gasteiger partial charge in [0.05, 0.1) is 12.5 Å². The maximum atomic E-state index is 12.9. The highest BCUT2D eigenvalue weighted by Crippen LogP contribution is 2.28. The lowest BCUT2D eigenvalue weighted by Crippen LogP contribution is -2.35. The molecule has 0 heterocycles. The summed E-state index contributed by atoms with van der Waals surface area (Å²) >= 11 is 3.59. The Morgan fingerprint density at radius 3 is 2.35 bits per heavy atom. The summed E-state index contributed by atoms with van der Waals surface area (Å²) in [5, 5.41) is 2.73. The van der Waals surface area contributed by atoms with Crippen molar-refractivity contribution in [3.8, 4) is 0 Å². The van der Waals surface area contributed by atoms with Gasteiger partial charge < -0.3 is 10.2 Å². The van der Waals surface area contributed by atoms with Crippen molar-refractivity contribution in [3.05, 3.63) is 64.1 Å². The van der Waals surface area contributed by atoms with Crippen LogP contribution in [0.1, 0.15) is 44.4 Å². The number of nitrogens with one attached hydrogen (secondary N) is 1. The first-order chi connectivity index (χ1) is 12.4. The Kier molecular flexibility index (Phi) is 7.39. The Hall–Kier alpha value is -2.14. The van der Waals surface area contributed by atoms with Gasteiger partial charge in [-0.2, -0.15) is 0 Å². The van der Waals surface area contributed by atoms with E-state index in [1.807, 2.05) is 53.4 Å². The van der Waals surface area contributed by atoms with Gasteiger partial charge in [0, 0.05) is 23.6 Å². The van der Waals surface area contributed by atoms with E-state index in [0.717, 1.165) is 27.7 Å². The molecule has 1 N–H and O–H groups in total. The maximum absolute atomic E-state index is 12.9. The number of carbonyl (C=O) groups excluding carboxylic acids is 2. The summed E-state index contributed by atoms with van der Waals surface area (Å²) in [4.78, 5) is 26.0. The molecule has 0 fully saturated rings. The van der Waals surface area contributed by atoms with Crippen molar-refractivity contribution in [1.82, 2.24) is 4.90 Å². The lowest BCUT2D eigenvalue weighted by molar-refractivity contribution is -0.132. The smallest absolute Gasteiger partial charge is 0.227 e. The summed E-state index contributed by atoms with van der Waals surface area (Å²) in [6.45, 7) is 6.33. The van der Waals surface area contributed by atoms with Gasteiger partial charge >= 0.3 is 0 Å². The fourth-order valence-electron chi connectivity index (χ4n) is 2.94. The van der Waals surface area contributed by atoms with E-state index in [2.05, 4.69) is 35.1 Å². The summed E-state index contributed by atoms with van der Waals surface area (Å²) in [6, 6.07) is 15.4. The second-order valence-electron chi connectivity index (χ2n) is 6.34. The lowest BCUT2D eigenvalue weighted by atomic mass is 10.0. The fourth-order valence-corrected chi connectivity index (χ4v) is 3.56. The van der Waals surface area contributed by atoms with Crippen molar-refractivity contribution in [3.63, 3.8) is 0 Å². The molecule has 2 amide bonds. The van der Waals surface area contributed by atoms with Crippen LogP contribution < -0.4 is 5.32 Å². The molecule has 138 valence electrons. The van der Waals surface area contributed by atoms with Gasteiger partial charge in [-0.05, 0) is 42.7 Å². The number of amides is 2. The Bertz CT molecular complexity index is 759. The second-order valence-corrected chi connectivity index (χ2v) is 7.19. The van der Waals surface area contributed by atoms with E-state index in [1.165, 1.54) is 6.92 Å². The summed E-state index contributed by atoms with van der Waals surface area (Å²) in [7, 11) is 0. The minimum atomic E-state index is -0.106. The van der Waals surface area contributed by atoms with E-state index in [0.29, 0.717) is 13.0 Å². The quantitative estimate of drug-likeness (QED) is 0.693. The number of hydrogen-bond acceptors (Lipinski definition) is 2. The van der Waals surface area contributed by atoms with E-state index in [1.54, 1.807) is 0 Å². The molecule has 0 radical (unpaired) electrons. The first-order valence-corrected chi connectivity index (χ1v) is 9.62. The number of benzene rings is 2. The first kappa shape index (κ1) is 20.2. The van der Waals surface area contributed by atoms with Crippen LogP contribution in [0.4, 0.5) is 5.69 Å². The van der Waals surface area contributed by atoms with Gasteiger partial charge in [-0.25, -0.2) is 0 Å². The minimum Gasteiger partial charge on any atom is -0.336 e. The zero-order valence-corrected chi connectivity index (χ0v) is 17.0. The van der Waals surface area contributed by atoms with Crippen LogP contribution in [0.25, 0.3) is 0 Å². The molecule has 1 atom stereocenters. The van der Waals surface area contributed by atoms with E-state index in [4.69, 9.17) is 0 Å². The average Bonchev–Trinajstić information content (AvgIpc) is 2.60. The molecule has 2 rings (SSSR count). The van der Waals surface area contributed by atoms with Crippen molar-refractivity contribution < 1.29 is 9.59 Å². The van der Waals surface area contributed by atoms with Crippen LogP contribution in [0.2, 0.25) is 0 Å². The molecule has 0 saturated carbocycles. The molecule has 2 aromatic rings. The first-order valence-electron chi connectivity index (χ1n) is 8.82. The molecule has 0 aliphatic heterocycles. The summed E-state index contributed by atoms with van der Waals surface area (Å²) < 4.78 is 1.01. The zero-order valence-electron chi connectivity index (χ0n) is 15.5. The van der Waals surface area contributed by atoms with Crippen LogP contribution in [0.15, 0.2) is 53.0 Å². The molecule has 1 unspecified atom stereocenters. The molecule has 0 aromatic heterocycles. The van der Waals surface area contributed by atoms with Crippen LogP contribution in [0, 0.1) is 0 Å². The van der Waals surface area contributed by atoms with Crippen LogP contribution >= 0.6 is 15.9 Å². The molecule has 0 spiro atoms. The summed E-state index contributed by atoms with van der Waals surface area (Å²) in [5.74, 6) is -0.00686. The maximum Gasteiger partial charge on any atom is 0.227 e. The van der Waals surface area contributed by atoms with Crippen LogP contribution in [-0.2, 0) is 16.0 Å². The molecule has 2 aromatic carbocycles. The van der Waals surface area contributed by atoms with Gasteiger partial charge in [0.2, 0.25) is 11.8 Å². The Balaban J connectivity index is 2.13. The second kappa shape index (κ2) is 9.53. The van der Waals surface area contributed by atoms with E-state index in [9.17, 15) is 9.59 Å². The lowest BCUT2D eigenvalue weighted by Gasteiger charge is -2.30. The van der Waals surface area contributed by atoms with Gasteiger partial charge in [0.15, 0.2) is 0 Å². The minimum absolute atomic E-state index is 0.00308. The molecule has 26 heavy (non-hydrogen) atoms. The fraction of sp³-hybridized carbons (Fsp3) is 0.333. The molecule has 4 nitrogen and oxygen atoms in total. The van der Waals surface area contributed by atoms with Crippen LogP contribution in [-0.4, -0.2) is 23.3 Å². The molecule has 0 bridgehead atoms. The highest BCUT2D eigenvalue weighted by molar-refractivity contribution is 9.10. The van der Waals surface area contributed by atoms with Crippen LogP contribution in [0.5, 0.6) is 0 Å². The monoisotopic (exact) mass is 416 g/mol. The van der Waals surface area contributed by atoms with Gasteiger partial charge in [0.25, 0.3) is 0 Å². The van der Waals surface area contributed by atoms with Gasteiger partial charge in [-0.3, -0.25) is 9.59 Å². The normalized spacial score (nSPS) is 11.7. The predicted octanol–water partition coefficient (Wildman–Crippen LogP) is 4.95. The molecule has 0 aliphatic rings. The summed E-state index contributed by atoms with van der Waals surface area (Å²) in [6.07, 6.45) is 1.25. The topological polar surface area (TPSA) is 49.4 Å². The molecular formula is C21H25BrN2O2. The molecular weight excluding hydrogens is 392 g/mol. The number of nitrogens with zero attached hydrogens (tertiary/aromatic N) is 1. The third kappa shape index (κ3) is 5.43. The van der Waals surface area contributed by atoms with Crippen molar-refractivity contribution in [1.29, 1.82) is 0 Å². The third-order valence-corrected chi connectivity index (χ3v) is 4.96. The van der Waals surface area contributed by atoms with Crippen molar-refractivity contribution in [2.45, 2.75) is 39.7 Å². The number of carbonyl (C=O) groups is 2. The molecule has 0 saturated heterocycles. The van der Waals surface area contributed by atoms with E-state index in [-0.39, 0.29) is 17.9 Å². The number of hydrogen-bond donors (Lipinski definition) is 1. The highest BCUT2D eigenvalue weighted by Gasteiger charge is 2.22. The highest BCUT2D eigenvalue weighted by atomic mass is 79.9.